The summed E-state index contributed by atoms with van der Waals surface area (Å²) in [6.45, 7) is 2.29. The maximum absolute atomic E-state index is 14.9. The second kappa shape index (κ2) is 8.78. The van der Waals surface area contributed by atoms with Crippen LogP contribution in [0.25, 0.3) is 0 Å². The summed E-state index contributed by atoms with van der Waals surface area (Å²) in [5, 5.41) is 2.46. The van der Waals surface area contributed by atoms with E-state index in [9.17, 15) is 17.6 Å². The zero-order chi connectivity index (χ0) is 22.9. The summed E-state index contributed by atoms with van der Waals surface area (Å²) in [4.78, 5) is 8.66. The predicted octanol–water partition coefficient (Wildman–Crippen LogP) is 6.12. The summed E-state index contributed by atoms with van der Waals surface area (Å²) in [7, 11) is 0. The highest BCUT2D eigenvalue weighted by atomic mass is 35.5. The first kappa shape index (κ1) is 22.1. The van der Waals surface area contributed by atoms with Gasteiger partial charge in [0.1, 0.15) is 12.3 Å². The minimum atomic E-state index is -4.68. The number of benzene rings is 2. The summed E-state index contributed by atoms with van der Waals surface area (Å²) in [5.41, 5.74) is -0.155. The molecule has 0 unspecified atom stereocenters. The number of hydrogen-bond acceptors (Lipinski definition) is 4. The molecule has 0 saturated heterocycles. The maximum Gasteiger partial charge on any atom is 0.417 e. The van der Waals surface area contributed by atoms with Crippen molar-refractivity contribution in [2.45, 2.75) is 25.7 Å². The third-order valence-electron chi connectivity index (χ3n) is 4.90. The summed E-state index contributed by atoms with van der Waals surface area (Å²) in [6.07, 6.45) is -4.68. The number of benzodiazepines with no additional fused rings is 1. The molecular formula is C23H18ClF4N3O. The molecule has 0 amide bonds. The van der Waals surface area contributed by atoms with Gasteiger partial charge in [-0.25, -0.2) is 9.37 Å². The van der Waals surface area contributed by atoms with Crippen LogP contribution in [0.1, 0.15) is 29.3 Å². The van der Waals surface area contributed by atoms with Gasteiger partial charge in [-0.15, -0.1) is 0 Å². The van der Waals surface area contributed by atoms with Crippen molar-refractivity contribution in [1.29, 1.82) is 0 Å². The van der Waals surface area contributed by atoms with Gasteiger partial charge in [0.05, 0.1) is 22.3 Å². The van der Waals surface area contributed by atoms with Crippen LogP contribution in [-0.4, -0.2) is 23.3 Å². The summed E-state index contributed by atoms with van der Waals surface area (Å²) in [6, 6.07) is 13.6. The highest BCUT2D eigenvalue weighted by molar-refractivity contribution is 6.37. The number of halogens is 5. The molecule has 0 radical (unpaired) electrons. The van der Waals surface area contributed by atoms with Crippen LogP contribution in [0.2, 0.25) is 5.02 Å². The number of hydrogen-bond donors (Lipinski definition) is 1. The molecule has 0 bridgehead atoms. The minimum Gasteiger partial charge on any atom is -0.473 e. The Kier molecular flexibility index (Phi) is 6.06. The monoisotopic (exact) mass is 463 g/mol. The first-order chi connectivity index (χ1) is 15.2. The smallest absolute Gasteiger partial charge is 0.417 e. The van der Waals surface area contributed by atoms with Gasteiger partial charge in [-0.3, -0.25) is 4.99 Å². The molecule has 32 heavy (non-hydrogen) atoms. The lowest BCUT2D eigenvalue weighted by molar-refractivity contribution is -0.137. The van der Waals surface area contributed by atoms with Crippen LogP contribution in [-0.2, 0) is 12.8 Å². The highest BCUT2D eigenvalue weighted by Crippen LogP contribution is 2.40. The molecule has 0 saturated carbocycles. The van der Waals surface area contributed by atoms with Crippen molar-refractivity contribution >= 4 is 23.0 Å². The Morgan fingerprint density at radius 3 is 2.56 bits per heavy atom. The molecule has 0 aliphatic carbocycles. The Labute approximate surface area is 186 Å². The van der Waals surface area contributed by atoms with E-state index in [2.05, 4.69) is 15.3 Å². The molecule has 9 heteroatoms. The van der Waals surface area contributed by atoms with Gasteiger partial charge in [0.25, 0.3) is 0 Å². The van der Waals surface area contributed by atoms with Gasteiger partial charge in [-0.2, -0.15) is 13.2 Å². The van der Waals surface area contributed by atoms with Crippen molar-refractivity contribution in [2.24, 2.45) is 4.99 Å². The number of aromatic nitrogens is 1. The average Bonchev–Trinajstić information content (AvgIpc) is 2.92. The SMILES string of the molecule is C[C@H]1CNc2ccc(C(F)(F)F)c(Cl)c2C(c2nc(OCc3ccccc3)ccc2F)=N1. The van der Waals surface area contributed by atoms with Crippen LogP contribution < -0.4 is 10.1 Å². The molecule has 0 spiro atoms. The van der Waals surface area contributed by atoms with Crippen molar-refractivity contribution in [2.75, 3.05) is 11.9 Å². The molecule has 1 N–H and O–H groups in total. The highest BCUT2D eigenvalue weighted by Gasteiger charge is 2.36. The van der Waals surface area contributed by atoms with Gasteiger partial charge in [0.2, 0.25) is 5.88 Å². The molecule has 1 aliphatic rings. The van der Waals surface area contributed by atoms with Crippen LogP contribution in [0.4, 0.5) is 23.2 Å². The number of fused-ring (bicyclic) bond motifs is 1. The molecule has 1 aliphatic heterocycles. The van der Waals surface area contributed by atoms with E-state index in [1.807, 2.05) is 30.3 Å². The first-order valence-electron chi connectivity index (χ1n) is 9.79. The number of nitrogens with one attached hydrogen (secondary N) is 1. The largest absolute Gasteiger partial charge is 0.473 e. The van der Waals surface area contributed by atoms with Crippen molar-refractivity contribution in [1.82, 2.24) is 4.98 Å². The van der Waals surface area contributed by atoms with Gasteiger partial charge in [0, 0.05) is 23.9 Å². The number of ether oxygens (including phenoxy) is 1. The van der Waals surface area contributed by atoms with E-state index in [1.54, 1.807) is 6.92 Å². The topological polar surface area (TPSA) is 46.5 Å². The number of alkyl halides is 3. The van der Waals surface area contributed by atoms with Crippen LogP contribution in [0.15, 0.2) is 59.6 Å². The fraction of sp³-hybridized carbons (Fsp3) is 0.217. The van der Waals surface area contributed by atoms with E-state index in [-0.39, 0.29) is 35.5 Å². The van der Waals surface area contributed by atoms with Crippen molar-refractivity contribution < 1.29 is 22.3 Å². The summed E-state index contributed by atoms with van der Waals surface area (Å²) < 4.78 is 61.0. The first-order valence-corrected chi connectivity index (χ1v) is 10.2. The van der Waals surface area contributed by atoms with Crippen LogP contribution in [0.3, 0.4) is 0 Å². The lowest BCUT2D eigenvalue weighted by Crippen LogP contribution is -2.15. The number of aliphatic imine (C=N–C) groups is 1. The van der Waals surface area contributed by atoms with E-state index >= 15 is 0 Å². The summed E-state index contributed by atoms with van der Waals surface area (Å²) in [5.74, 6) is -0.633. The molecular weight excluding hydrogens is 446 g/mol. The second-order valence-electron chi connectivity index (χ2n) is 7.31. The van der Waals surface area contributed by atoms with E-state index < -0.39 is 22.6 Å². The van der Waals surface area contributed by atoms with Gasteiger partial charge in [0.15, 0.2) is 5.82 Å². The normalized spacial score (nSPS) is 15.9. The van der Waals surface area contributed by atoms with Gasteiger partial charge < -0.3 is 10.1 Å². The lowest BCUT2D eigenvalue weighted by Gasteiger charge is -2.17. The number of nitrogens with zero attached hydrogens (tertiary/aromatic N) is 2. The zero-order valence-corrected chi connectivity index (χ0v) is 17.6. The van der Waals surface area contributed by atoms with Crippen LogP contribution in [0, 0.1) is 5.82 Å². The number of rotatable bonds is 4. The number of anilines is 1. The van der Waals surface area contributed by atoms with E-state index in [4.69, 9.17) is 16.3 Å². The van der Waals surface area contributed by atoms with E-state index in [1.165, 1.54) is 12.1 Å². The molecule has 1 aromatic heterocycles. The van der Waals surface area contributed by atoms with Crippen molar-refractivity contribution in [3.63, 3.8) is 0 Å². The van der Waals surface area contributed by atoms with E-state index in [0.717, 1.165) is 17.7 Å². The predicted molar refractivity (Wildman–Crippen MR) is 115 cm³/mol. The molecule has 4 nitrogen and oxygen atoms in total. The molecule has 4 rings (SSSR count). The van der Waals surface area contributed by atoms with Crippen molar-refractivity contribution in [3.8, 4) is 5.88 Å². The second-order valence-corrected chi connectivity index (χ2v) is 7.69. The van der Waals surface area contributed by atoms with Crippen LogP contribution in [0.5, 0.6) is 5.88 Å². The van der Waals surface area contributed by atoms with Crippen molar-refractivity contribution in [3.05, 3.63) is 87.8 Å². The molecule has 2 aromatic carbocycles. The fourth-order valence-corrected chi connectivity index (χ4v) is 3.71. The Bertz CT molecular complexity index is 1170. The molecule has 3 aromatic rings. The van der Waals surface area contributed by atoms with Crippen LogP contribution >= 0.6 is 11.6 Å². The molecule has 2 heterocycles. The molecule has 166 valence electrons. The molecule has 1 atom stereocenters. The Hall–Kier alpha value is -3.13. The lowest BCUT2D eigenvalue weighted by atomic mass is 10.0. The minimum absolute atomic E-state index is 0.0440. The Balaban J connectivity index is 1.79. The Morgan fingerprint density at radius 2 is 1.84 bits per heavy atom. The maximum atomic E-state index is 14.9. The number of pyridine rings is 1. The van der Waals surface area contributed by atoms with Gasteiger partial charge in [-0.05, 0) is 30.7 Å². The zero-order valence-electron chi connectivity index (χ0n) is 16.9. The fourth-order valence-electron chi connectivity index (χ4n) is 3.34. The van der Waals surface area contributed by atoms with Gasteiger partial charge in [-0.1, -0.05) is 41.9 Å². The standard InChI is InChI=1S/C23H18ClF4N3O/c1-13-11-29-17-9-7-15(23(26,27)28)20(24)19(17)22(30-13)21-16(25)8-10-18(31-21)32-12-14-5-3-2-4-6-14/h2-10,13,29H,11-12H2,1H3/t13-/m0/s1. The Morgan fingerprint density at radius 1 is 1.09 bits per heavy atom. The quantitative estimate of drug-likeness (QED) is 0.474. The van der Waals surface area contributed by atoms with E-state index in [0.29, 0.717) is 12.2 Å². The third kappa shape index (κ3) is 4.55. The van der Waals surface area contributed by atoms with Gasteiger partial charge >= 0.3 is 6.18 Å². The third-order valence-corrected chi connectivity index (χ3v) is 5.29. The average molecular weight is 464 g/mol. The summed E-state index contributed by atoms with van der Waals surface area (Å²) >= 11 is 6.19. The molecule has 0 fully saturated rings.